The van der Waals surface area contributed by atoms with Crippen molar-refractivity contribution >= 4 is 11.9 Å². The van der Waals surface area contributed by atoms with E-state index in [4.69, 9.17) is 5.11 Å². The zero-order chi connectivity index (χ0) is 17.2. The number of nitrogens with one attached hydrogen (secondary N) is 1. The SMILES string of the molecule is O=C(O)CC(NC(=O)CCN1CCCCCCC1)c1ccccc1. The Morgan fingerprint density at radius 3 is 2.29 bits per heavy atom. The maximum absolute atomic E-state index is 12.3. The van der Waals surface area contributed by atoms with Crippen molar-refractivity contribution in [3.8, 4) is 0 Å². The zero-order valence-corrected chi connectivity index (χ0v) is 14.2. The molecular formula is C19H28N2O3. The number of hydrogen-bond donors (Lipinski definition) is 2. The minimum Gasteiger partial charge on any atom is -0.481 e. The van der Waals surface area contributed by atoms with Crippen LogP contribution in [0.4, 0.5) is 0 Å². The third kappa shape index (κ3) is 6.71. The van der Waals surface area contributed by atoms with Crippen molar-refractivity contribution in [1.82, 2.24) is 10.2 Å². The fraction of sp³-hybridized carbons (Fsp3) is 0.579. The van der Waals surface area contributed by atoms with Crippen LogP contribution in [0.1, 0.15) is 56.6 Å². The van der Waals surface area contributed by atoms with Gasteiger partial charge in [-0.15, -0.1) is 0 Å². The largest absolute Gasteiger partial charge is 0.481 e. The summed E-state index contributed by atoms with van der Waals surface area (Å²) in [5, 5.41) is 12.0. The van der Waals surface area contributed by atoms with Gasteiger partial charge in [0.15, 0.2) is 0 Å². The van der Waals surface area contributed by atoms with Gasteiger partial charge in [-0.3, -0.25) is 9.59 Å². The Kier molecular flexibility index (Phi) is 7.75. The van der Waals surface area contributed by atoms with Crippen molar-refractivity contribution in [2.75, 3.05) is 19.6 Å². The normalized spacial score (nSPS) is 17.5. The van der Waals surface area contributed by atoms with Crippen molar-refractivity contribution in [3.05, 3.63) is 35.9 Å². The molecule has 1 aromatic carbocycles. The Balaban J connectivity index is 1.84. The van der Waals surface area contributed by atoms with E-state index in [-0.39, 0.29) is 12.3 Å². The van der Waals surface area contributed by atoms with E-state index in [9.17, 15) is 9.59 Å². The first-order valence-corrected chi connectivity index (χ1v) is 8.93. The Bertz CT molecular complexity index is 511. The number of hydrogen-bond acceptors (Lipinski definition) is 3. The number of benzene rings is 1. The molecule has 1 aliphatic rings. The number of likely N-dealkylation sites (tertiary alicyclic amines) is 1. The molecule has 132 valence electrons. The van der Waals surface area contributed by atoms with Gasteiger partial charge in [0.1, 0.15) is 0 Å². The second-order valence-corrected chi connectivity index (χ2v) is 6.49. The summed E-state index contributed by atoms with van der Waals surface area (Å²) in [7, 11) is 0. The monoisotopic (exact) mass is 332 g/mol. The molecule has 0 aliphatic carbocycles. The molecule has 1 aromatic rings. The number of aliphatic carboxylic acids is 1. The maximum Gasteiger partial charge on any atom is 0.305 e. The quantitative estimate of drug-likeness (QED) is 0.805. The highest BCUT2D eigenvalue weighted by molar-refractivity contribution is 5.77. The van der Waals surface area contributed by atoms with Gasteiger partial charge in [-0.25, -0.2) is 0 Å². The molecule has 1 heterocycles. The number of carboxylic acids is 1. The Morgan fingerprint density at radius 1 is 1.04 bits per heavy atom. The zero-order valence-electron chi connectivity index (χ0n) is 14.2. The van der Waals surface area contributed by atoms with Gasteiger partial charge in [0, 0.05) is 13.0 Å². The van der Waals surface area contributed by atoms with Gasteiger partial charge >= 0.3 is 5.97 Å². The number of rotatable bonds is 7. The smallest absolute Gasteiger partial charge is 0.305 e. The molecule has 0 saturated carbocycles. The van der Waals surface area contributed by atoms with Crippen LogP contribution in [0, 0.1) is 0 Å². The van der Waals surface area contributed by atoms with Gasteiger partial charge in [-0.05, 0) is 31.5 Å². The average Bonchev–Trinajstić information content (AvgIpc) is 2.53. The molecule has 0 spiro atoms. The highest BCUT2D eigenvalue weighted by Gasteiger charge is 2.18. The fourth-order valence-electron chi connectivity index (χ4n) is 3.17. The lowest BCUT2D eigenvalue weighted by molar-refractivity contribution is -0.137. The number of carbonyl (C=O) groups is 2. The van der Waals surface area contributed by atoms with Crippen LogP contribution in [-0.2, 0) is 9.59 Å². The maximum atomic E-state index is 12.3. The van der Waals surface area contributed by atoms with Gasteiger partial charge in [0.25, 0.3) is 0 Å². The predicted octanol–water partition coefficient (Wildman–Crippen LogP) is 2.97. The molecule has 1 aliphatic heterocycles. The van der Waals surface area contributed by atoms with Gasteiger partial charge in [0.2, 0.25) is 5.91 Å². The summed E-state index contributed by atoms with van der Waals surface area (Å²) in [5.74, 6) is -0.986. The molecule has 1 saturated heterocycles. The minimum absolute atomic E-state index is 0.0767. The third-order valence-corrected chi connectivity index (χ3v) is 4.52. The van der Waals surface area contributed by atoms with Crippen LogP contribution in [-0.4, -0.2) is 41.5 Å². The highest BCUT2D eigenvalue weighted by atomic mass is 16.4. The second kappa shape index (κ2) is 10.1. The second-order valence-electron chi connectivity index (χ2n) is 6.49. The summed E-state index contributed by atoms with van der Waals surface area (Å²) in [6.07, 6.45) is 6.60. The lowest BCUT2D eigenvalue weighted by Crippen LogP contribution is -2.35. The summed E-state index contributed by atoms with van der Waals surface area (Å²) in [6.45, 7) is 2.87. The number of nitrogens with zero attached hydrogens (tertiary/aromatic N) is 1. The van der Waals surface area contributed by atoms with Gasteiger partial charge in [-0.2, -0.15) is 0 Å². The van der Waals surface area contributed by atoms with E-state index in [0.29, 0.717) is 6.42 Å². The average molecular weight is 332 g/mol. The lowest BCUT2D eigenvalue weighted by atomic mass is 10.0. The molecule has 1 atom stereocenters. The van der Waals surface area contributed by atoms with E-state index in [1.54, 1.807) is 0 Å². The van der Waals surface area contributed by atoms with E-state index in [2.05, 4.69) is 10.2 Å². The van der Waals surface area contributed by atoms with Gasteiger partial charge in [0.05, 0.1) is 12.5 Å². The van der Waals surface area contributed by atoms with E-state index in [1.807, 2.05) is 30.3 Å². The van der Waals surface area contributed by atoms with Crippen molar-refractivity contribution in [3.63, 3.8) is 0 Å². The summed E-state index contributed by atoms with van der Waals surface area (Å²) in [4.78, 5) is 25.7. The van der Waals surface area contributed by atoms with E-state index < -0.39 is 12.0 Å². The Hall–Kier alpha value is -1.88. The molecule has 24 heavy (non-hydrogen) atoms. The standard InChI is InChI=1S/C19H28N2O3/c22-18(11-14-21-12-7-2-1-3-8-13-21)20-17(15-19(23)24)16-9-5-4-6-10-16/h4-6,9-10,17H,1-3,7-8,11-15H2,(H,20,22)(H,23,24). The lowest BCUT2D eigenvalue weighted by Gasteiger charge is -2.24. The van der Waals surface area contributed by atoms with Crippen LogP contribution in [0.5, 0.6) is 0 Å². The van der Waals surface area contributed by atoms with Crippen LogP contribution in [0.2, 0.25) is 0 Å². The molecule has 1 unspecified atom stereocenters. The topological polar surface area (TPSA) is 69.6 Å². The fourth-order valence-corrected chi connectivity index (χ4v) is 3.17. The summed E-state index contributed by atoms with van der Waals surface area (Å²) < 4.78 is 0. The van der Waals surface area contributed by atoms with Crippen LogP contribution in [0.3, 0.4) is 0 Å². The predicted molar refractivity (Wildman–Crippen MR) is 93.7 cm³/mol. The van der Waals surface area contributed by atoms with Crippen molar-refractivity contribution < 1.29 is 14.7 Å². The molecule has 2 rings (SSSR count). The van der Waals surface area contributed by atoms with Crippen LogP contribution < -0.4 is 5.32 Å². The molecule has 5 heteroatoms. The molecule has 0 aromatic heterocycles. The number of carboxylic acid groups (broad SMARTS) is 1. The first kappa shape index (κ1) is 18.5. The molecule has 1 amide bonds. The summed E-state index contributed by atoms with van der Waals surface area (Å²) >= 11 is 0. The Labute approximate surface area is 144 Å². The van der Waals surface area contributed by atoms with Gasteiger partial charge < -0.3 is 15.3 Å². The van der Waals surface area contributed by atoms with Crippen molar-refractivity contribution in [2.24, 2.45) is 0 Å². The first-order chi connectivity index (χ1) is 11.6. The highest BCUT2D eigenvalue weighted by Crippen LogP contribution is 2.17. The Morgan fingerprint density at radius 2 is 1.67 bits per heavy atom. The van der Waals surface area contributed by atoms with Gasteiger partial charge in [-0.1, -0.05) is 49.6 Å². The van der Waals surface area contributed by atoms with Crippen molar-refractivity contribution in [1.29, 1.82) is 0 Å². The van der Waals surface area contributed by atoms with Crippen LogP contribution in [0.25, 0.3) is 0 Å². The molecule has 5 nitrogen and oxygen atoms in total. The van der Waals surface area contributed by atoms with Crippen LogP contribution >= 0.6 is 0 Å². The van der Waals surface area contributed by atoms with E-state index >= 15 is 0 Å². The minimum atomic E-state index is -0.909. The number of amides is 1. The van der Waals surface area contributed by atoms with Crippen molar-refractivity contribution in [2.45, 2.75) is 51.0 Å². The molecular weight excluding hydrogens is 304 g/mol. The summed E-state index contributed by atoms with van der Waals surface area (Å²) in [6, 6.07) is 8.83. The first-order valence-electron chi connectivity index (χ1n) is 8.93. The number of carbonyl (C=O) groups excluding carboxylic acids is 1. The molecule has 1 fully saturated rings. The molecule has 0 bridgehead atoms. The van der Waals surface area contributed by atoms with E-state index in [1.165, 1.54) is 32.1 Å². The molecule has 0 radical (unpaired) electrons. The third-order valence-electron chi connectivity index (χ3n) is 4.52. The van der Waals surface area contributed by atoms with E-state index in [0.717, 1.165) is 25.2 Å². The van der Waals surface area contributed by atoms with Crippen LogP contribution in [0.15, 0.2) is 30.3 Å². The molecule has 2 N–H and O–H groups in total. The summed E-state index contributed by atoms with van der Waals surface area (Å²) in [5.41, 5.74) is 0.833.